The molecule has 1 aliphatic heterocycles. The van der Waals surface area contributed by atoms with Crippen LogP contribution in [-0.4, -0.2) is 49.2 Å². The van der Waals surface area contributed by atoms with Gasteiger partial charge in [0.15, 0.2) is 0 Å². The zero-order valence-electron chi connectivity index (χ0n) is 16.6. The molecule has 0 spiro atoms. The Kier molecular flexibility index (Phi) is 4.55. The molecule has 4 rings (SSSR count). The predicted molar refractivity (Wildman–Crippen MR) is 105 cm³/mol. The summed E-state index contributed by atoms with van der Waals surface area (Å²) in [5, 5.41) is 17.3. The number of halogens is 2. The number of nitrogens with zero attached hydrogens (tertiary/aromatic N) is 1. The second-order valence-corrected chi connectivity index (χ2v) is 8.89. The monoisotopic (exact) mass is 387 g/mol. The molecule has 1 aromatic rings. The first-order chi connectivity index (χ1) is 13.2. The lowest BCUT2D eigenvalue weighted by Crippen LogP contribution is -2.55. The van der Waals surface area contributed by atoms with E-state index in [9.17, 15) is 8.78 Å². The number of morpholine rings is 1. The van der Waals surface area contributed by atoms with Crippen molar-refractivity contribution in [3.8, 4) is 0 Å². The van der Waals surface area contributed by atoms with E-state index in [1.54, 1.807) is 0 Å². The number of ether oxygens (including phenoxy) is 1. The normalized spacial score (nSPS) is 33.6. The minimum absolute atomic E-state index is 0.0796. The summed E-state index contributed by atoms with van der Waals surface area (Å²) in [7, 11) is 2.07. The van der Waals surface area contributed by atoms with Gasteiger partial charge < -0.3 is 20.5 Å². The quantitative estimate of drug-likeness (QED) is 0.769. The summed E-state index contributed by atoms with van der Waals surface area (Å²) in [5.41, 5.74) is 0.0527. The van der Waals surface area contributed by atoms with Crippen molar-refractivity contribution in [1.82, 2.24) is 4.90 Å². The molecule has 28 heavy (non-hydrogen) atoms. The average molecular weight is 387 g/mol. The lowest BCUT2D eigenvalue weighted by Gasteiger charge is -2.47. The van der Waals surface area contributed by atoms with Crippen molar-refractivity contribution >= 4 is 11.4 Å². The Morgan fingerprint density at radius 3 is 2.61 bits per heavy atom. The van der Waals surface area contributed by atoms with E-state index in [-0.39, 0.29) is 28.7 Å². The second kappa shape index (κ2) is 6.56. The van der Waals surface area contributed by atoms with E-state index in [0.717, 1.165) is 43.6 Å². The Labute approximate surface area is 164 Å². The van der Waals surface area contributed by atoms with E-state index in [1.165, 1.54) is 12.1 Å². The number of fused-ring (bicyclic) bond motifs is 2. The second-order valence-electron chi connectivity index (χ2n) is 8.89. The molecule has 2 saturated carbocycles. The number of likely N-dealkylation sites (N-methyl/N-ethyl adjacent to an activating group) is 1. The molecule has 4 nitrogen and oxygen atoms in total. The van der Waals surface area contributed by atoms with Crippen molar-refractivity contribution < 1.29 is 13.5 Å². The summed E-state index contributed by atoms with van der Waals surface area (Å²) in [6.07, 6.45) is 3.21. The van der Waals surface area contributed by atoms with Crippen LogP contribution in [0, 0.1) is 39.2 Å². The molecule has 150 valence electrons. The van der Waals surface area contributed by atoms with E-state index < -0.39 is 17.0 Å². The van der Waals surface area contributed by atoms with Crippen molar-refractivity contribution in [1.29, 1.82) is 10.8 Å². The van der Waals surface area contributed by atoms with E-state index in [0.29, 0.717) is 12.3 Å². The molecular weight excluding hydrogens is 360 g/mol. The minimum Gasteiger partial charge on any atom is -0.375 e. The van der Waals surface area contributed by atoms with E-state index >= 15 is 0 Å². The number of hydrogen-bond acceptors (Lipinski definition) is 4. The van der Waals surface area contributed by atoms with Crippen LogP contribution in [0.3, 0.4) is 0 Å². The van der Waals surface area contributed by atoms with Crippen LogP contribution >= 0.6 is 0 Å². The Hall–Kier alpha value is -1.92. The van der Waals surface area contributed by atoms with E-state index in [1.807, 2.05) is 0 Å². The molecule has 3 aliphatic rings. The molecule has 2 aliphatic carbocycles. The van der Waals surface area contributed by atoms with Gasteiger partial charge >= 0.3 is 0 Å². The fraction of sp³-hybridized carbons (Fsp3) is 0.545. The van der Waals surface area contributed by atoms with Gasteiger partial charge in [0, 0.05) is 24.2 Å². The largest absolute Gasteiger partial charge is 0.375 e. The highest BCUT2D eigenvalue weighted by atomic mass is 19.1. The average Bonchev–Trinajstić information content (AvgIpc) is 2.98. The van der Waals surface area contributed by atoms with Crippen LogP contribution in [0.2, 0.25) is 0 Å². The van der Waals surface area contributed by atoms with Crippen molar-refractivity contribution in [3.05, 3.63) is 47.0 Å². The molecular formula is C22H27F2N3O. The van der Waals surface area contributed by atoms with Crippen LogP contribution in [0.4, 0.5) is 8.78 Å². The summed E-state index contributed by atoms with van der Waals surface area (Å²) in [4.78, 5) is 2.23. The summed E-state index contributed by atoms with van der Waals surface area (Å²) in [6.45, 7) is 6.64. The highest BCUT2D eigenvalue weighted by molar-refractivity contribution is 6.15. The molecule has 3 fully saturated rings. The van der Waals surface area contributed by atoms with E-state index in [4.69, 9.17) is 15.6 Å². The zero-order valence-corrected chi connectivity index (χ0v) is 16.6. The fourth-order valence-electron chi connectivity index (χ4n) is 5.76. The van der Waals surface area contributed by atoms with Gasteiger partial charge in [-0.15, -0.1) is 0 Å². The van der Waals surface area contributed by atoms with Gasteiger partial charge in [-0.3, -0.25) is 0 Å². The molecule has 0 radical (unpaired) electrons. The number of benzene rings is 1. The van der Waals surface area contributed by atoms with Crippen molar-refractivity contribution in [2.24, 2.45) is 16.7 Å². The van der Waals surface area contributed by atoms with Crippen LogP contribution < -0.4 is 0 Å². The lowest BCUT2D eigenvalue weighted by molar-refractivity contribution is -0.0928. The molecule has 1 aromatic carbocycles. The van der Waals surface area contributed by atoms with Gasteiger partial charge in [-0.25, -0.2) is 8.78 Å². The fourth-order valence-corrected chi connectivity index (χ4v) is 5.76. The first-order valence-electron chi connectivity index (χ1n) is 9.84. The molecule has 2 bridgehead atoms. The molecule has 0 aromatic heterocycles. The molecule has 2 N–H and O–H groups in total. The third kappa shape index (κ3) is 2.54. The molecule has 3 atom stereocenters. The van der Waals surface area contributed by atoms with Crippen molar-refractivity contribution in [2.75, 3.05) is 26.7 Å². The SMILES string of the molecule is CN1CCO[C@@H]([C@@]23CC[C@@H](/C(=C/C(=N)c4c(F)cccc4F)C2=N)C3(C)C)C1. The Bertz CT molecular complexity index is 858. The van der Waals surface area contributed by atoms with Gasteiger partial charge in [-0.05, 0) is 55.0 Å². The number of rotatable bonds is 3. The number of allylic oxidation sites excluding steroid dienone is 2. The van der Waals surface area contributed by atoms with Gasteiger partial charge in [-0.2, -0.15) is 0 Å². The predicted octanol–water partition coefficient (Wildman–Crippen LogP) is 4.05. The van der Waals surface area contributed by atoms with Crippen LogP contribution in [0.15, 0.2) is 29.8 Å². The molecule has 0 unspecified atom stereocenters. The van der Waals surface area contributed by atoms with Gasteiger partial charge in [0.2, 0.25) is 0 Å². The zero-order chi connectivity index (χ0) is 20.3. The van der Waals surface area contributed by atoms with E-state index in [2.05, 4.69) is 25.8 Å². The Morgan fingerprint density at radius 2 is 1.96 bits per heavy atom. The molecule has 6 heteroatoms. The number of hydrogen-bond donors (Lipinski definition) is 2. The highest BCUT2D eigenvalue weighted by Crippen LogP contribution is 2.68. The van der Waals surface area contributed by atoms with Gasteiger partial charge in [0.05, 0.1) is 24.0 Å². The summed E-state index contributed by atoms with van der Waals surface area (Å²) in [6, 6.07) is 3.62. The third-order valence-corrected chi connectivity index (χ3v) is 7.31. The summed E-state index contributed by atoms with van der Waals surface area (Å²) >= 11 is 0. The maximum absolute atomic E-state index is 14.1. The van der Waals surface area contributed by atoms with Crippen LogP contribution in [-0.2, 0) is 4.74 Å². The highest BCUT2D eigenvalue weighted by Gasteiger charge is 2.68. The van der Waals surface area contributed by atoms with Crippen molar-refractivity contribution in [3.63, 3.8) is 0 Å². The molecule has 1 heterocycles. The third-order valence-electron chi connectivity index (χ3n) is 7.31. The van der Waals surface area contributed by atoms with Gasteiger partial charge in [0.1, 0.15) is 11.6 Å². The molecule has 0 amide bonds. The smallest absolute Gasteiger partial charge is 0.135 e. The maximum Gasteiger partial charge on any atom is 0.135 e. The minimum atomic E-state index is -0.747. The lowest BCUT2D eigenvalue weighted by atomic mass is 9.64. The van der Waals surface area contributed by atoms with Crippen LogP contribution in [0.5, 0.6) is 0 Å². The topological polar surface area (TPSA) is 60.2 Å². The summed E-state index contributed by atoms with van der Waals surface area (Å²) in [5.74, 6) is -1.41. The van der Waals surface area contributed by atoms with Gasteiger partial charge in [-0.1, -0.05) is 19.9 Å². The van der Waals surface area contributed by atoms with Crippen LogP contribution in [0.1, 0.15) is 32.3 Å². The first kappa shape index (κ1) is 19.4. The Balaban J connectivity index is 1.74. The first-order valence-corrected chi connectivity index (χ1v) is 9.84. The maximum atomic E-state index is 14.1. The molecule has 1 saturated heterocycles. The Morgan fingerprint density at radius 1 is 1.29 bits per heavy atom. The summed E-state index contributed by atoms with van der Waals surface area (Å²) < 4.78 is 34.4. The van der Waals surface area contributed by atoms with Crippen LogP contribution in [0.25, 0.3) is 0 Å². The van der Waals surface area contributed by atoms with Crippen molar-refractivity contribution in [2.45, 2.75) is 32.8 Å². The standard InChI is InChI=1S/C22H27F2N3O/c1-21(2)14-7-8-22(21,18-12-27(3)9-10-28-18)20(26)13(14)11-17(25)19-15(23)5-4-6-16(19)24/h4-6,11,14,18,25-26H,7-10,12H2,1-3H3/b13-11-,25-17?,26-20?/t14-,18+,22-/m0/s1. The number of nitrogens with one attached hydrogen (secondary N) is 2. The van der Waals surface area contributed by atoms with Gasteiger partial charge in [0.25, 0.3) is 0 Å².